The fraction of sp³-hybridized carbons (Fsp3) is 0.323. The molecule has 0 radical (unpaired) electrons. The molecule has 1 aliphatic rings. The summed E-state index contributed by atoms with van der Waals surface area (Å²) in [5.41, 5.74) is 4.55. The number of carboxylic acid groups (broad SMARTS) is 1. The lowest BCUT2D eigenvalue weighted by Gasteiger charge is -2.29. The summed E-state index contributed by atoms with van der Waals surface area (Å²) in [7, 11) is 0. The van der Waals surface area contributed by atoms with Gasteiger partial charge in [0, 0.05) is 12.5 Å². The first-order valence-electron chi connectivity index (χ1n) is 12.9. The second kappa shape index (κ2) is 12.1. The Labute approximate surface area is 228 Å². The van der Waals surface area contributed by atoms with Gasteiger partial charge in [0.25, 0.3) is 0 Å². The van der Waals surface area contributed by atoms with Gasteiger partial charge in [0.2, 0.25) is 5.91 Å². The molecule has 2 amide bonds. The Morgan fingerprint density at radius 1 is 0.897 bits per heavy atom. The number of ether oxygens (including phenoxy) is 2. The van der Waals surface area contributed by atoms with Crippen LogP contribution in [0.1, 0.15) is 43.4 Å². The quantitative estimate of drug-likeness (QED) is 0.389. The largest absolute Gasteiger partial charge is 0.480 e. The number of hydrogen-bond donors (Lipinski definition) is 2. The van der Waals surface area contributed by atoms with E-state index in [4.69, 9.17) is 9.47 Å². The minimum atomic E-state index is -1.16. The van der Waals surface area contributed by atoms with Gasteiger partial charge in [-0.25, -0.2) is 4.79 Å². The lowest BCUT2D eigenvalue weighted by atomic mass is 9.98. The molecule has 0 heterocycles. The number of carbonyl (C=O) groups excluding carboxylic acids is 2. The normalized spacial score (nSPS) is 13.2. The Bertz CT molecular complexity index is 1270. The summed E-state index contributed by atoms with van der Waals surface area (Å²) in [5.74, 6) is -1.86. The van der Waals surface area contributed by atoms with Crippen molar-refractivity contribution >= 4 is 18.0 Å². The Hall–Kier alpha value is -4.17. The second-order valence-corrected chi connectivity index (χ2v) is 10.5. The molecule has 1 aliphatic carbocycles. The predicted octanol–water partition coefficient (Wildman–Crippen LogP) is 4.82. The molecule has 2 N–H and O–H groups in total. The standard InChI is InChI=1S/C31H34N2O6/c1-31(2,3)39-20-27(29(36)33(18-28(34)35)17-21-11-5-4-6-12-21)32-30(37)38-19-26-24-15-9-7-13-22(24)23-14-8-10-16-25(23)26/h4-16,26-27H,17-20H2,1-3H3,(H,32,37)(H,34,35)/t27-/m0/s1. The average Bonchev–Trinajstić information content (AvgIpc) is 3.22. The first-order chi connectivity index (χ1) is 18.6. The van der Waals surface area contributed by atoms with Gasteiger partial charge in [-0.3, -0.25) is 9.59 Å². The van der Waals surface area contributed by atoms with Crippen LogP contribution < -0.4 is 5.32 Å². The molecular formula is C31H34N2O6. The minimum Gasteiger partial charge on any atom is -0.480 e. The molecule has 8 nitrogen and oxygen atoms in total. The smallest absolute Gasteiger partial charge is 0.407 e. The fourth-order valence-electron chi connectivity index (χ4n) is 4.69. The van der Waals surface area contributed by atoms with Crippen LogP contribution in [-0.2, 0) is 25.6 Å². The van der Waals surface area contributed by atoms with Gasteiger partial charge in [-0.2, -0.15) is 0 Å². The Balaban J connectivity index is 1.48. The second-order valence-electron chi connectivity index (χ2n) is 10.5. The number of aliphatic carboxylic acids is 1. The fourth-order valence-corrected chi connectivity index (χ4v) is 4.69. The zero-order valence-electron chi connectivity index (χ0n) is 22.4. The zero-order chi connectivity index (χ0) is 28.0. The van der Waals surface area contributed by atoms with E-state index in [9.17, 15) is 19.5 Å². The van der Waals surface area contributed by atoms with E-state index in [0.29, 0.717) is 0 Å². The summed E-state index contributed by atoms with van der Waals surface area (Å²) in [6.07, 6.45) is -0.775. The number of benzene rings is 3. The molecule has 8 heteroatoms. The molecule has 0 fully saturated rings. The number of hydrogen-bond acceptors (Lipinski definition) is 5. The highest BCUT2D eigenvalue weighted by molar-refractivity contribution is 5.88. The van der Waals surface area contributed by atoms with Gasteiger partial charge in [-0.05, 0) is 48.6 Å². The summed E-state index contributed by atoms with van der Waals surface area (Å²) in [6, 6.07) is 24.0. The van der Waals surface area contributed by atoms with E-state index in [-0.39, 0.29) is 25.7 Å². The number of amides is 2. The first kappa shape index (κ1) is 27.9. The van der Waals surface area contributed by atoms with E-state index >= 15 is 0 Å². The van der Waals surface area contributed by atoms with Crippen molar-refractivity contribution in [3.63, 3.8) is 0 Å². The van der Waals surface area contributed by atoms with E-state index < -0.39 is 36.2 Å². The van der Waals surface area contributed by atoms with Crippen molar-refractivity contribution in [3.05, 3.63) is 95.6 Å². The van der Waals surface area contributed by atoms with Crippen LogP contribution in [0.2, 0.25) is 0 Å². The monoisotopic (exact) mass is 530 g/mol. The highest BCUT2D eigenvalue weighted by Gasteiger charge is 2.32. The van der Waals surface area contributed by atoms with Crippen LogP contribution in [0, 0.1) is 0 Å². The topological polar surface area (TPSA) is 105 Å². The number of carboxylic acids is 1. The number of nitrogens with zero attached hydrogens (tertiary/aromatic N) is 1. The molecule has 0 aliphatic heterocycles. The highest BCUT2D eigenvalue weighted by atomic mass is 16.5. The van der Waals surface area contributed by atoms with Crippen LogP contribution in [0.15, 0.2) is 78.9 Å². The van der Waals surface area contributed by atoms with Gasteiger partial charge >= 0.3 is 12.1 Å². The molecule has 0 bridgehead atoms. The van der Waals surface area contributed by atoms with Crippen LogP contribution in [0.4, 0.5) is 4.79 Å². The van der Waals surface area contributed by atoms with Crippen LogP contribution in [0.25, 0.3) is 11.1 Å². The summed E-state index contributed by atoms with van der Waals surface area (Å²) in [5, 5.41) is 12.1. The lowest BCUT2D eigenvalue weighted by Crippen LogP contribution is -2.52. The highest BCUT2D eigenvalue weighted by Crippen LogP contribution is 2.44. The first-order valence-corrected chi connectivity index (χ1v) is 12.9. The third-order valence-electron chi connectivity index (χ3n) is 6.47. The summed E-state index contributed by atoms with van der Waals surface area (Å²) in [6.45, 7) is 5.00. The van der Waals surface area contributed by atoms with E-state index in [2.05, 4.69) is 17.4 Å². The van der Waals surface area contributed by atoms with Gasteiger partial charge in [0.15, 0.2) is 0 Å². The van der Waals surface area contributed by atoms with Gasteiger partial charge in [-0.15, -0.1) is 0 Å². The van der Waals surface area contributed by atoms with Crippen LogP contribution >= 0.6 is 0 Å². The zero-order valence-corrected chi connectivity index (χ0v) is 22.4. The van der Waals surface area contributed by atoms with Crippen molar-refractivity contribution in [2.75, 3.05) is 19.8 Å². The Morgan fingerprint density at radius 3 is 2.03 bits per heavy atom. The average molecular weight is 531 g/mol. The van der Waals surface area contributed by atoms with E-state index in [1.54, 1.807) is 0 Å². The van der Waals surface area contributed by atoms with Crippen molar-refractivity contribution in [1.82, 2.24) is 10.2 Å². The van der Waals surface area contributed by atoms with E-state index in [1.165, 1.54) is 4.90 Å². The summed E-state index contributed by atoms with van der Waals surface area (Å²) in [4.78, 5) is 39.3. The summed E-state index contributed by atoms with van der Waals surface area (Å²) < 4.78 is 11.5. The third kappa shape index (κ3) is 7.23. The van der Waals surface area contributed by atoms with Gasteiger partial charge in [-0.1, -0.05) is 78.9 Å². The number of rotatable bonds is 10. The van der Waals surface area contributed by atoms with Crippen LogP contribution in [-0.4, -0.2) is 59.4 Å². The minimum absolute atomic E-state index is 0.0738. The van der Waals surface area contributed by atoms with Crippen molar-refractivity contribution < 1.29 is 29.0 Å². The van der Waals surface area contributed by atoms with Gasteiger partial charge in [0.1, 0.15) is 19.2 Å². The number of carbonyl (C=O) groups is 3. The molecular weight excluding hydrogens is 496 g/mol. The molecule has 0 saturated heterocycles. The number of alkyl carbamates (subject to hydrolysis) is 1. The van der Waals surface area contributed by atoms with Crippen molar-refractivity contribution in [3.8, 4) is 11.1 Å². The van der Waals surface area contributed by atoms with Gasteiger partial charge < -0.3 is 24.8 Å². The molecule has 1 atom stereocenters. The van der Waals surface area contributed by atoms with Crippen molar-refractivity contribution in [2.24, 2.45) is 0 Å². The lowest BCUT2D eigenvalue weighted by molar-refractivity contribution is -0.147. The van der Waals surface area contributed by atoms with Crippen molar-refractivity contribution in [1.29, 1.82) is 0 Å². The molecule has 0 unspecified atom stereocenters. The van der Waals surface area contributed by atoms with Crippen LogP contribution in [0.5, 0.6) is 0 Å². The third-order valence-corrected chi connectivity index (χ3v) is 6.47. The molecule has 0 saturated carbocycles. The maximum atomic E-state index is 13.5. The van der Waals surface area contributed by atoms with E-state index in [0.717, 1.165) is 27.8 Å². The number of fused-ring (bicyclic) bond motifs is 3. The Kier molecular flexibility index (Phi) is 8.66. The molecule has 3 aromatic rings. The SMILES string of the molecule is CC(C)(C)OC[C@H](NC(=O)OCC1c2ccccc2-c2ccccc21)C(=O)N(CC(=O)O)Cc1ccccc1. The molecule has 3 aromatic carbocycles. The number of nitrogens with one attached hydrogen (secondary N) is 1. The van der Waals surface area contributed by atoms with Crippen LogP contribution in [0.3, 0.4) is 0 Å². The maximum absolute atomic E-state index is 13.5. The maximum Gasteiger partial charge on any atom is 0.407 e. The summed E-state index contributed by atoms with van der Waals surface area (Å²) >= 11 is 0. The van der Waals surface area contributed by atoms with Crippen molar-refractivity contribution in [2.45, 2.75) is 44.9 Å². The molecule has 0 aromatic heterocycles. The molecule has 0 spiro atoms. The van der Waals surface area contributed by atoms with E-state index in [1.807, 2.05) is 87.5 Å². The molecule has 4 rings (SSSR count). The predicted molar refractivity (Wildman–Crippen MR) is 147 cm³/mol. The molecule has 204 valence electrons. The Morgan fingerprint density at radius 2 is 1.46 bits per heavy atom. The molecule has 39 heavy (non-hydrogen) atoms. The van der Waals surface area contributed by atoms with Gasteiger partial charge in [0.05, 0.1) is 12.2 Å².